The predicted octanol–water partition coefficient (Wildman–Crippen LogP) is 2.35. The van der Waals surface area contributed by atoms with Gasteiger partial charge in [0.1, 0.15) is 0 Å². The third-order valence-electron chi connectivity index (χ3n) is 2.70. The molecule has 0 amide bonds. The fourth-order valence-corrected chi connectivity index (χ4v) is 2.13. The molecule has 0 radical (unpaired) electrons. The molecule has 0 aromatic rings. The van der Waals surface area contributed by atoms with Gasteiger partial charge < -0.3 is 10.2 Å². The highest BCUT2D eigenvalue weighted by molar-refractivity contribution is 4.81. The number of nitrogens with one attached hydrogen (secondary N) is 1. The van der Waals surface area contributed by atoms with Crippen molar-refractivity contribution in [3.05, 3.63) is 0 Å². The van der Waals surface area contributed by atoms with Gasteiger partial charge in [0.25, 0.3) is 0 Å². The van der Waals surface area contributed by atoms with E-state index in [1.54, 1.807) is 0 Å². The molecule has 2 nitrogen and oxygen atoms in total. The molecule has 1 saturated carbocycles. The lowest BCUT2D eigenvalue weighted by atomic mass is 9.96. The molecule has 1 aliphatic rings. The van der Waals surface area contributed by atoms with Gasteiger partial charge in [0, 0.05) is 19.1 Å². The number of hydrogen-bond donors (Lipinski definition) is 1. The Morgan fingerprint density at radius 2 is 1.93 bits per heavy atom. The maximum atomic E-state index is 3.60. The minimum atomic E-state index is 0.415. The van der Waals surface area contributed by atoms with E-state index >= 15 is 0 Å². The second-order valence-corrected chi connectivity index (χ2v) is 6.55. The molecule has 1 aliphatic carbocycles. The minimum absolute atomic E-state index is 0.415. The SMILES string of the molecule is CC(CNC1CC1)CN(C)CC(C)(C)C. The second kappa shape index (κ2) is 5.31. The zero-order valence-corrected chi connectivity index (χ0v) is 11.1. The molecule has 0 heterocycles. The Labute approximate surface area is 95.4 Å². The summed E-state index contributed by atoms with van der Waals surface area (Å²) in [5, 5.41) is 3.60. The van der Waals surface area contributed by atoms with Gasteiger partial charge in [-0.25, -0.2) is 0 Å². The first-order valence-electron chi connectivity index (χ1n) is 6.29. The number of hydrogen-bond acceptors (Lipinski definition) is 2. The normalized spacial score (nSPS) is 19.6. The van der Waals surface area contributed by atoms with Gasteiger partial charge in [0.15, 0.2) is 0 Å². The summed E-state index contributed by atoms with van der Waals surface area (Å²) in [7, 11) is 2.23. The van der Waals surface area contributed by atoms with E-state index in [-0.39, 0.29) is 0 Å². The van der Waals surface area contributed by atoms with Crippen molar-refractivity contribution in [2.45, 2.75) is 46.6 Å². The van der Waals surface area contributed by atoms with Gasteiger partial charge in [-0.1, -0.05) is 27.7 Å². The molecule has 1 fully saturated rings. The molecule has 1 unspecified atom stereocenters. The first-order chi connectivity index (χ1) is 6.87. The molecule has 15 heavy (non-hydrogen) atoms. The summed E-state index contributed by atoms with van der Waals surface area (Å²) in [6.45, 7) is 12.8. The molecule has 90 valence electrons. The topological polar surface area (TPSA) is 15.3 Å². The highest BCUT2D eigenvalue weighted by Gasteiger charge is 2.21. The average molecular weight is 212 g/mol. The molecule has 2 heteroatoms. The first kappa shape index (κ1) is 13.0. The van der Waals surface area contributed by atoms with Crippen molar-refractivity contribution in [2.24, 2.45) is 11.3 Å². The summed E-state index contributed by atoms with van der Waals surface area (Å²) < 4.78 is 0. The maximum absolute atomic E-state index is 3.60. The van der Waals surface area contributed by atoms with Crippen LogP contribution in [-0.4, -0.2) is 37.6 Å². The lowest BCUT2D eigenvalue weighted by Gasteiger charge is -2.28. The third-order valence-corrected chi connectivity index (χ3v) is 2.70. The van der Waals surface area contributed by atoms with Gasteiger partial charge in [0.2, 0.25) is 0 Å². The van der Waals surface area contributed by atoms with Crippen molar-refractivity contribution < 1.29 is 0 Å². The van der Waals surface area contributed by atoms with Gasteiger partial charge in [-0.05, 0) is 37.8 Å². The van der Waals surface area contributed by atoms with Crippen molar-refractivity contribution in [1.29, 1.82) is 0 Å². The van der Waals surface area contributed by atoms with E-state index in [2.05, 4.69) is 45.0 Å². The first-order valence-corrected chi connectivity index (χ1v) is 6.29. The zero-order valence-electron chi connectivity index (χ0n) is 11.1. The summed E-state index contributed by atoms with van der Waals surface area (Å²) in [6.07, 6.45) is 2.79. The third kappa shape index (κ3) is 6.91. The van der Waals surface area contributed by atoms with Gasteiger partial charge in [-0.3, -0.25) is 0 Å². The van der Waals surface area contributed by atoms with E-state index in [0.717, 1.165) is 12.0 Å². The van der Waals surface area contributed by atoms with Crippen LogP contribution in [0.3, 0.4) is 0 Å². The van der Waals surface area contributed by atoms with E-state index in [4.69, 9.17) is 0 Å². The van der Waals surface area contributed by atoms with Crippen LogP contribution in [-0.2, 0) is 0 Å². The van der Waals surface area contributed by atoms with Crippen molar-refractivity contribution in [1.82, 2.24) is 10.2 Å². The largest absolute Gasteiger partial charge is 0.314 e. The molecule has 0 aromatic carbocycles. The highest BCUT2D eigenvalue weighted by Crippen LogP contribution is 2.19. The van der Waals surface area contributed by atoms with E-state index in [1.807, 2.05) is 0 Å². The van der Waals surface area contributed by atoms with Gasteiger partial charge in [-0.15, -0.1) is 0 Å². The maximum Gasteiger partial charge on any atom is 0.00683 e. The van der Waals surface area contributed by atoms with Crippen molar-refractivity contribution in [2.75, 3.05) is 26.7 Å². The Bertz CT molecular complexity index is 179. The smallest absolute Gasteiger partial charge is 0.00683 e. The molecule has 0 bridgehead atoms. The summed E-state index contributed by atoms with van der Waals surface area (Å²) in [5.74, 6) is 0.762. The second-order valence-electron chi connectivity index (χ2n) is 6.55. The number of nitrogens with zero attached hydrogens (tertiary/aromatic N) is 1. The van der Waals surface area contributed by atoms with Crippen LogP contribution in [0.25, 0.3) is 0 Å². The van der Waals surface area contributed by atoms with Crippen molar-refractivity contribution in [3.63, 3.8) is 0 Å². The summed E-state index contributed by atoms with van der Waals surface area (Å²) >= 11 is 0. The van der Waals surface area contributed by atoms with Crippen LogP contribution >= 0.6 is 0 Å². The molecule has 0 aliphatic heterocycles. The Morgan fingerprint density at radius 3 is 2.40 bits per heavy atom. The molecule has 0 spiro atoms. The number of rotatable bonds is 6. The molecule has 1 atom stereocenters. The van der Waals surface area contributed by atoms with Crippen LogP contribution in [0.5, 0.6) is 0 Å². The monoisotopic (exact) mass is 212 g/mol. The molecule has 1 rings (SSSR count). The highest BCUT2D eigenvalue weighted by atomic mass is 15.1. The standard InChI is InChI=1S/C13H28N2/c1-11(8-14-12-6-7-12)9-15(5)10-13(2,3)4/h11-12,14H,6-10H2,1-5H3. The Morgan fingerprint density at radius 1 is 1.33 bits per heavy atom. The Kier molecular flexibility index (Phi) is 4.60. The Balaban J connectivity index is 2.09. The van der Waals surface area contributed by atoms with Crippen LogP contribution in [0.15, 0.2) is 0 Å². The molecule has 0 saturated heterocycles. The van der Waals surface area contributed by atoms with Crippen LogP contribution in [0.4, 0.5) is 0 Å². The van der Waals surface area contributed by atoms with E-state index in [9.17, 15) is 0 Å². The van der Waals surface area contributed by atoms with Crippen molar-refractivity contribution >= 4 is 0 Å². The lowest BCUT2D eigenvalue weighted by molar-refractivity contribution is 0.202. The van der Waals surface area contributed by atoms with Gasteiger partial charge in [-0.2, -0.15) is 0 Å². The van der Waals surface area contributed by atoms with Crippen LogP contribution in [0.2, 0.25) is 0 Å². The van der Waals surface area contributed by atoms with E-state index in [1.165, 1.54) is 32.5 Å². The fraction of sp³-hybridized carbons (Fsp3) is 1.00. The molecular weight excluding hydrogens is 184 g/mol. The summed E-state index contributed by atoms with van der Waals surface area (Å²) in [6, 6.07) is 0.848. The lowest BCUT2D eigenvalue weighted by Crippen LogP contribution is -2.36. The fourth-order valence-electron chi connectivity index (χ4n) is 2.13. The predicted molar refractivity (Wildman–Crippen MR) is 67.1 cm³/mol. The molecule has 1 N–H and O–H groups in total. The van der Waals surface area contributed by atoms with Gasteiger partial charge >= 0.3 is 0 Å². The zero-order chi connectivity index (χ0) is 11.5. The average Bonchev–Trinajstić information content (AvgIpc) is 2.79. The van der Waals surface area contributed by atoms with Crippen LogP contribution in [0, 0.1) is 11.3 Å². The van der Waals surface area contributed by atoms with Crippen LogP contribution in [0.1, 0.15) is 40.5 Å². The van der Waals surface area contributed by atoms with Gasteiger partial charge in [0.05, 0.1) is 0 Å². The minimum Gasteiger partial charge on any atom is -0.314 e. The molecule has 0 aromatic heterocycles. The van der Waals surface area contributed by atoms with E-state index in [0.29, 0.717) is 5.41 Å². The summed E-state index contributed by atoms with van der Waals surface area (Å²) in [4.78, 5) is 2.46. The summed E-state index contributed by atoms with van der Waals surface area (Å²) in [5.41, 5.74) is 0.415. The van der Waals surface area contributed by atoms with E-state index < -0.39 is 0 Å². The van der Waals surface area contributed by atoms with Crippen LogP contribution < -0.4 is 5.32 Å². The van der Waals surface area contributed by atoms with Crippen molar-refractivity contribution in [3.8, 4) is 0 Å². The Hall–Kier alpha value is -0.0800. The molecular formula is C13H28N2. The quantitative estimate of drug-likeness (QED) is 0.727.